The Morgan fingerprint density at radius 1 is 1.00 bits per heavy atom. The predicted octanol–water partition coefficient (Wildman–Crippen LogP) is 4.11. The lowest BCUT2D eigenvalue weighted by Crippen LogP contribution is -2.07. The number of hydrogen-bond acceptors (Lipinski definition) is 2. The molecule has 0 fully saturated rings. The Balaban J connectivity index is 2.38. The summed E-state index contributed by atoms with van der Waals surface area (Å²) in [6, 6.07) is 18.6. The average molecular weight is 256 g/mol. The van der Waals surface area contributed by atoms with Gasteiger partial charge >= 0.3 is 0 Å². The molecule has 0 aliphatic heterocycles. The first-order chi connectivity index (χ1) is 8.85. The quantitative estimate of drug-likeness (QED) is 0.646. The van der Waals surface area contributed by atoms with Gasteiger partial charge in [-0.15, -0.1) is 0 Å². The van der Waals surface area contributed by atoms with Crippen molar-refractivity contribution >= 4 is 22.6 Å². The predicted molar refractivity (Wildman–Crippen MR) is 82.4 cm³/mol. The molecule has 0 unspecified atom stereocenters. The zero-order chi connectivity index (χ0) is 12.8. The van der Waals surface area contributed by atoms with Gasteiger partial charge in [0, 0.05) is 18.3 Å². The molecule has 0 radical (unpaired) electrons. The lowest BCUT2D eigenvalue weighted by atomic mass is 10.0. The van der Waals surface area contributed by atoms with Gasteiger partial charge in [0.15, 0.2) is 5.17 Å². The van der Waals surface area contributed by atoms with Gasteiger partial charge in [0.05, 0.1) is 0 Å². The molecule has 0 saturated heterocycles. The van der Waals surface area contributed by atoms with E-state index in [1.54, 1.807) is 18.8 Å². The zero-order valence-electron chi connectivity index (χ0n) is 10.6. The minimum absolute atomic E-state index is 0.915. The van der Waals surface area contributed by atoms with Crippen molar-refractivity contribution in [3.05, 3.63) is 54.6 Å². The van der Waals surface area contributed by atoms with E-state index in [2.05, 4.69) is 52.8 Å². The molecule has 0 heterocycles. The highest BCUT2D eigenvalue weighted by atomic mass is 32.2. The van der Waals surface area contributed by atoms with E-state index in [4.69, 9.17) is 0 Å². The largest absolute Gasteiger partial charge is 0.334 e. The van der Waals surface area contributed by atoms with Crippen LogP contribution in [-0.2, 0) is 0 Å². The van der Waals surface area contributed by atoms with E-state index in [1.807, 2.05) is 18.4 Å². The normalized spacial score (nSPS) is 11.3. The number of para-hydroxylation sites is 1. The lowest BCUT2D eigenvalue weighted by molar-refractivity contribution is 1.45. The van der Waals surface area contributed by atoms with E-state index >= 15 is 0 Å². The van der Waals surface area contributed by atoms with Crippen LogP contribution in [-0.4, -0.2) is 18.5 Å². The van der Waals surface area contributed by atoms with Crippen LogP contribution in [0.4, 0.5) is 5.69 Å². The molecule has 1 N–H and O–H groups in total. The number of rotatable bonds is 2. The minimum atomic E-state index is 0.915. The number of aliphatic imine (C=N–C) groups is 1. The molecule has 18 heavy (non-hydrogen) atoms. The molecule has 0 saturated carbocycles. The summed E-state index contributed by atoms with van der Waals surface area (Å²) in [5.74, 6) is 0. The molecule has 0 spiro atoms. The molecule has 2 rings (SSSR count). The van der Waals surface area contributed by atoms with E-state index in [9.17, 15) is 0 Å². The van der Waals surface area contributed by atoms with Crippen molar-refractivity contribution in [3.8, 4) is 11.1 Å². The first-order valence-electron chi connectivity index (χ1n) is 5.77. The average Bonchev–Trinajstić information content (AvgIpc) is 2.46. The maximum Gasteiger partial charge on any atom is 0.160 e. The Kier molecular flexibility index (Phi) is 4.42. The second kappa shape index (κ2) is 6.26. The van der Waals surface area contributed by atoms with Crippen molar-refractivity contribution in [1.82, 2.24) is 0 Å². The number of anilines is 1. The first-order valence-corrected chi connectivity index (χ1v) is 7.00. The highest BCUT2D eigenvalue weighted by molar-refractivity contribution is 8.13. The number of benzene rings is 2. The van der Waals surface area contributed by atoms with Crippen LogP contribution in [0.1, 0.15) is 0 Å². The Hall–Kier alpha value is -1.74. The Morgan fingerprint density at radius 3 is 2.33 bits per heavy atom. The first kappa shape index (κ1) is 12.7. The van der Waals surface area contributed by atoms with Crippen molar-refractivity contribution in [1.29, 1.82) is 0 Å². The summed E-state index contributed by atoms with van der Waals surface area (Å²) in [5, 5.41) is 4.27. The van der Waals surface area contributed by atoms with Gasteiger partial charge in [-0.25, -0.2) is 0 Å². The number of thioether (sulfide) groups is 1. The molecule has 2 aromatic carbocycles. The summed E-state index contributed by atoms with van der Waals surface area (Å²) in [6.07, 6.45) is 2.01. The molecule has 2 aromatic rings. The van der Waals surface area contributed by atoms with Crippen molar-refractivity contribution in [2.45, 2.75) is 0 Å². The van der Waals surface area contributed by atoms with Crippen molar-refractivity contribution in [3.63, 3.8) is 0 Å². The standard InChI is InChI=1S/C15H16N2S/c1-16-15(18-2)17-14-11-7-6-10-13(14)12-8-4-3-5-9-12/h3-11H,1-2H3,(H,16,17). The fraction of sp³-hybridized carbons (Fsp3) is 0.133. The molecule has 0 aromatic heterocycles. The van der Waals surface area contributed by atoms with Gasteiger partial charge in [-0.3, -0.25) is 4.99 Å². The summed E-state index contributed by atoms with van der Waals surface area (Å²) in [4.78, 5) is 4.21. The monoisotopic (exact) mass is 256 g/mol. The molecule has 0 amide bonds. The van der Waals surface area contributed by atoms with Gasteiger partial charge in [0.25, 0.3) is 0 Å². The van der Waals surface area contributed by atoms with Crippen LogP contribution >= 0.6 is 11.8 Å². The molecule has 2 nitrogen and oxygen atoms in total. The van der Waals surface area contributed by atoms with E-state index in [0.29, 0.717) is 0 Å². The summed E-state index contributed by atoms with van der Waals surface area (Å²) in [7, 11) is 1.80. The van der Waals surface area contributed by atoms with E-state index in [-0.39, 0.29) is 0 Å². The Morgan fingerprint density at radius 2 is 1.67 bits per heavy atom. The third kappa shape index (κ3) is 2.93. The van der Waals surface area contributed by atoms with Crippen LogP contribution in [0.3, 0.4) is 0 Å². The molecule has 0 aliphatic carbocycles. The molecule has 3 heteroatoms. The second-order valence-corrected chi connectivity index (χ2v) is 4.56. The maximum absolute atomic E-state index is 4.21. The molecule has 0 aliphatic rings. The van der Waals surface area contributed by atoms with Crippen molar-refractivity contribution in [2.24, 2.45) is 4.99 Å². The summed E-state index contributed by atoms with van der Waals surface area (Å²) in [5.41, 5.74) is 3.48. The van der Waals surface area contributed by atoms with Gasteiger partial charge < -0.3 is 5.32 Å². The molecule has 0 bridgehead atoms. The fourth-order valence-corrected chi connectivity index (χ4v) is 2.17. The number of nitrogens with one attached hydrogen (secondary N) is 1. The van der Waals surface area contributed by atoms with Crippen LogP contribution in [0.2, 0.25) is 0 Å². The second-order valence-electron chi connectivity index (χ2n) is 3.77. The summed E-state index contributed by atoms with van der Waals surface area (Å²) >= 11 is 1.61. The van der Waals surface area contributed by atoms with Crippen molar-refractivity contribution in [2.75, 3.05) is 18.6 Å². The molecular weight excluding hydrogens is 240 g/mol. The van der Waals surface area contributed by atoms with Gasteiger partial charge in [-0.05, 0) is 17.9 Å². The summed E-state index contributed by atoms with van der Waals surface area (Å²) < 4.78 is 0. The van der Waals surface area contributed by atoms with E-state index in [1.165, 1.54) is 11.1 Å². The van der Waals surface area contributed by atoms with Crippen LogP contribution < -0.4 is 5.32 Å². The third-order valence-corrected chi connectivity index (χ3v) is 3.32. The zero-order valence-corrected chi connectivity index (χ0v) is 11.4. The van der Waals surface area contributed by atoms with Crippen LogP contribution in [0, 0.1) is 0 Å². The van der Waals surface area contributed by atoms with Gasteiger partial charge in [0.1, 0.15) is 0 Å². The van der Waals surface area contributed by atoms with Gasteiger partial charge in [-0.1, -0.05) is 60.3 Å². The Labute approximate surface area is 112 Å². The van der Waals surface area contributed by atoms with Gasteiger partial charge in [-0.2, -0.15) is 0 Å². The number of hydrogen-bond donors (Lipinski definition) is 1. The van der Waals surface area contributed by atoms with Gasteiger partial charge in [0.2, 0.25) is 0 Å². The van der Waals surface area contributed by atoms with Crippen LogP contribution in [0.5, 0.6) is 0 Å². The molecule has 0 atom stereocenters. The topological polar surface area (TPSA) is 24.4 Å². The maximum atomic E-state index is 4.21. The van der Waals surface area contributed by atoms with Crippen LogP contribution in [0.15, 0.2) is 59.6 Å². The molecule has 92 valence electrons. The van der Waals surface area contributed by atoms with E-state index in [0.717, 1.165) is 10.9 Å². The minimum Gasteiger partial charge on any atom is -0.334 e. The highest BCUT2D eigenvalue weighted by Crippen LogP contribution is 2.28. The number of nitrogens with zero attached hydrogens (tertiary/aromatic N) is 1. The lowest BCUT2D eigenvalue weighted by Gasteiger charge is -2.12. The van der Waals surface area contributed by atoms with Crippen LogP contribution in [0.25, 0.3) is 11.1 Å². The number of amidine groups is 1. The smallest absolute Gasteiger partial charge is 0.160 e. The third-order valence-electron chi connectivity index (χ3n) is 2.65. The Bertz CT molecular complexity index is 535. The fourth-order valence-electron chi connectivity index (χ4n) is 1.77. The molecular formula is C15H16N2S. The highest BCUT2D eigenvalue weighted by Gasteiger charge is 2.05. The SMILES string of the molecule is CN=C(Nc1ccccc1-c1ccccc1)SC. The van der Waals surface area contributed by atoms with E-state index < -0.39 is 0 Å². The van der Waals surface area contributed by atoms with Crippen molar-refractivity contribution < 1.29 is 0 Å². The summed E-state index contributed by atoms with van der Waals surface area (Å²) in [6.45, 7) is 0.